The van der Waals surface area contributed by atoms with E-state index in [0.717, 1.165) is 6.42 Å². The summed E-state index contributed by atoms with van der Waals surface area (Å²) in [6.45, 7) is 0.962. The number of carbonyl (C=O) groups is 4. The van der Waals surface area contributed by atoms with Crippen molar-refractivity contribution in [3.8, 4) is 0 Å². The molecule has 2 atom stereocenters. The summed E-state index contributed by atoms with van der Waals surface area (Å²) >= 11 is 0. The Hall–Kier alpha value is -3.89. The Morgan fingerprint density at radius 3 is 2.53 bits per heavy atom. The number of rotatable bonds is 4. The molecule has 0 spiro atoms. The van der Waals surface area contributed by atoms with E-state index in [1.807, 2.05) is 0 Å². The van der Waals surface area contributed by atoms with Crippen LogP contribution in [-0.2, 0) is 9.59 Å². The van der Waals surface area contributed by atoms with Crippen molar-refractivity contribution in [2.24, 2.45) is 0 Å². The van der Waals surface area contributed by atoms with Gasteiger partial charge in [-0.15, -0.1) is 0 Å². The largest absolute Gasteiger partial charge is 0.354 e. The lowest BCUT2D eigenvalue weighted by molar-refractivity contribution is -0.133. The zero-order valence-corrected chi connectivity index (χ0v) is 17.3. The first-order chi connectivity index (χ1) is 15.5. The average Bonchev–Trinajstić information content (AvgIpc) is 2.85. The molecule has 2 aliphatic rings. The molecule has 2 aliphatic heterocycles. The van der Waals surface area contributed by atoms with Gasteiger partial charge in [-0.25, -0.2) is 9.97 Å². The van der Waals surface area contributed by atoms with E-state index in [2.05, 4.69) is 25.6 Å². The first-order valence-corrected chi connectivity index (χ1v) is 10.4. The Morgan fingerprint density at radius 2 is 1.81 bits per heavy atom. The van der Waals surface area contributed by atoms with Gasteiger partial charge in [0.1, 0.15) is 18.4 Å². The topological polar surface area (TPSA) is 137 Å². The zero-order valence-electron chi connectivity index (χ0n) is 17.3. The minimum Gasteiger partial charge on any atom is -0.354 e. The Bertz CT molecular complexity index is 1000. The Balaban J connectivity index is 1.56. The van der Waals surface area contributed by atoms with Gasteiger partial charge < -0.3 is 20.4 Å². The van der Waals surface area contributed by atoms with Crippen molar-refractivity contribution in [3.63, 3.8) is 0 Å². The maximum Gasteiger partial charge on any atom is 0.257 e. The molecule has 11 heteroatoms. The van der Waals surface area contributed by atoms with Crippen LogP contribution in [0.2, 0.25) is 0 Å². The summed E-state index contributed by atoms with van der Waals surface area (Å²) in [4.78, 5) is 66.0. The number of carbonyl (C=O) groups excluding carboxylic acids is 4. The van der Waals surface area contributed by atoms with Crippen molar-refractivity contribution < 1.29 is 19.2 Å². The van der Waals surface area contributed by atoms with Crippen LogP contribution in [0.4, 0.5) is 0 Å². The molecular weight excluding hydrogens is 414 g/mol. The number of piperazine rings is 1. The summed E-state index contributed by atoms with van der Waals surface area (Å²) in [7, 11) is 0. The van der Waals surface area contributed by atoms with Crippen LogP contribution in [0.1, 0.15) is 33.6 Å². The number of aromatic nitrogens is 3. The second-order valence-corrected chi connectivity index (χ2v) is 7.63. The smallest absolute Gasteiger partial charge is 0.257 e. The molecule has 0 aliphatic carbocycles. The molecule has 2 unspecified atom stereocenters. The Morgan fingerprint density at radius 1 is 1.03 bits per heavy atom. The van der Waals surface area contributed by atoms with Gasteiger partial charge in [0.15, 0.2) is 0 Å². The Labute approximate surface area is 184 Å². The first kappa shape index (κ1) is 21.3. The molecule has 2 fully saturated rings. The van der Waals surface area contributed by atoms with Gasteiger partial charge >= 0.3 is 0 Å². The lowest BCUT2D eigenvalue weighted by atomic mass is 10.0. The fourth-order valence-corrected chi connectivity index (χ4v) is 3.86. The summed E-state index contributed by atoms with van der Waals surface area (Å²) in [6, 6.07) is 1.67. The van der Waals surface area contributed by atoms with E-state index < -0.39 is 23.9 Å². The van der Waals surface area contributed by atoms with Crippen molar-refractivity contribution in [1.29, 1.82) is 0 Å². The normalized spacial score (nSPS) is 20.9. The van der Waals surface area contributed by atoms with Crippen LogP contribution in [0.3, 0.4) is 0 Å². The second kappa shape index (κ2) is 9.50. The van der Waals surface area contributed by atoms with Crippen molar-refractivity contribution in [2.45, 2.75) is 24.9 Å². The van der Waals surface area contributed by atoms with Gasteiger partial charge in [0, 0.05) is 44.4 Å². The first-order valence-electron chi connectivity index (χ1n) is 10.4. The molecule has 4 heterocycles. The van der Waals surface area contributed by atoms with E-state index in [-0.39, 0.29) is 37.0 Å². The van der Waals surface area contributed by atoms with Crippen LogP contribution in [0, 0.1) is 0 Å². The van der Waals surface area contributed by atoms with E-state index in [1.165, 1.54) is 34.7 Å². The molecule has 0 saturated carbocycles. The molecule has 0 radical (unpaired) electrons. The second-order valence-electron chi connectivity index (χ2n) is 7.63. The van der Waals surface area contributed by atoms with E-state index in [0.29, 0.717) is 18.5 Å². The molecule has 4 amide bonds. The number of amides is 4. The summed E-state index contributed by atoms with van der Waals surface area (Å²) in [5.41, 5.74) is 0.641. The van der Waals surface area contributed by atoms with Crippen molar-refractivity contribution in [1.82, 2.24) is 35.4 Å². The number of nitrogens with one attached hydrogen (secondary N) is 2. The molecule has 32 heavy (non-hydrogen) atoms. The van der Waals surface area contributed by atoms with Gasteiger partial charge in [-0.05, 0) is 25.0 Å². The van der Waals surface area contributed by atoms with E-state index in [1.54, 1.807) is 18.3 Å². The average molecular weight is 437 g/mol. The van der Waals surface area contributed by atoms with Gasteiger partial charge in [0.25, 0.3) is 11.8 Å². The van der Waals surface area contributed by atoms with Crippen LogP contribution in [0.5, 0.6) is 0 Å². The van der Waals surface area contributed by atoms with Crippen LogP contribution >= 0.6 is 0 Å². The maximum atomic E-state index is 13.2. The van der Waals surface area contributed by atoms with E-state index in [9.17, 15) is 19.2 Å². The van der Waals surface area contributed by atoms with Crippen LogP contribution < -0.4 is 10.6 Å². The molecule has 2 saturated heterocycles. The van der Waals surface area contributed by atoms with E-state index >= 15 is 0 Å². The van der Waals surface area contributed by atoms with Crippen molar-refractivity contribution >= 4 is 23.6 Å². The lowest BCUT2D eigenvalue weighted by Crippen LogP contribution is -2.63. The van der Waals surface area contributed by atoms with Gasteiger partial charge in [-0.1, -0.05) is 0 Å². The van der Waals surface area contributed by atoms with Gasteiger partial charge in [0.2, 0.25) is 11.8 Å². The van der Waals surface area contributed by atoms with Gasteiger partial charge in [-0.2, -0.15) is 0 Å². The highest BCUT2D eigenvalue weighted by molar-refractivity contribution is 5.99. The summed E-state index contributed by atoms with van der Waals surface area (Å²) in [6.07, 6.45) is 8.37. The third kappa shape index (κ3) is 4.56. The van der Waals surface area contributed by atoms with Crippen LogP contribution in [0.25, 0.3) is 0 Å². The standard InChI is InChI=1S/C21H23N7O4/c29-18-16(4-2-6-25-18)26-19(30)17-12-27(20(31)14-3-1-5-22-9-14)7-8-28(17)21(32)15-10-23-13-24-11-15/h1,3,5,9-11,13,16-17H,2,4,6-8,12H2,(H,25,29)(H,26,30). The Kier molecular flexibility index (Phi) is 6.34. The lowest BCUT2D eigenvalue weighted by Gasteiger charge is -2.41. The fraction of sp³-hybridized carbons (Fsp3) is 0.381. The molecule has 2 N–H and O–H groups in total. The molecule has 2 aromatic heterocycles. The SMILES string of the molecule is O=C1NCCCC1NC(=O)C1CN(C(=O)c2cccnc2)CCN1C(=O)c1cncnc1. The molecule has 0 aromatic carbocycles. The number of piperidine rings is 1. The molecule has 2 aromatic rings. The molecule has 0 bridgehead atoms. The number of pyridine rings is 1. The van der Waals surface area contributed by atoms with Crippen LogP contribution in [0.15, 0.2) is 43.2 Å². The molecule has 4 rings (SSSR count). The predicted octanol–water partition coefficient (Wildman–Crippen LogP) is -0.767. The van der Waals surface area contributed by atoms with E-state index in [4.69, 9.17) is 0 Å². The molecule has 11 nitrogen and oxygen atoms in total. The number of nitrogens with zero attached hydrogens (tertiary/aromatic N) is 5. The van der Waals surface area contributed by atoms with Gasteiger partial charge in [0.05, 0.1) is 17.7 Å². The summed E-state index contributed by atoms with van der Waals surface area (Å²) < 4.78 is 0. The summed E-state index contributed by atoms with van der Waals surface area (Å²) in [5.74, 6) is -1.42. The predicted molar refractivity (Wildman–Crippen MR) is 111 cm³/mol. The monoisotopic (exact) mass is 437 g/mol. The molecular formula is C21H23N7O4. The minimum atomic E-state index is -0.966. The molecule has 166 valence electrons. The fourth-order valence-electron chi connectivity index (χ4n) is 3.86. The third-order valence-electron chi connectivity index (χ3n) is 5.55. The highest BCUT2D eigenvalue weighted by Gasteiger charge is 2.39. The third-order valence-corrected chi connectivity index (χ3v) is 5.55. The van der Waals surface area contributed by atoms with Crippen molar-refractivity contribution in [2.75, 3.05) is 26.2 Å². The van der Waals surface area contributed by atoms with Crippen molar-refractivity contribution in [3.05, 3.63) is 54.4 Å². The summed E-state index contributed by atoms with van der Waals surface area (Å²) in [5, 5.41) is 5.47. The highest BCUT2D eigenvalue weighted by Crippen LogP contribution is 2.17. The number of hydrogen-bond donors (Lipinski definition) is 2. The maximum absolute atomic E-state index is 13.2. The zero-order chi connectivity index (χ0) is 22.5. The number of hydrogen-bond acceptors (Lipinski definition) is 7. The minimum absolute atomic E-state index is 0.00662. The van der Waals surface area contributed by atoms with Gasteiger partial charge in [-0.3, -0.25) is 24.2 Å². The van der Waals surface area contributed by atoms with Crippen LogP contribution in [-0.4, -0.2) is 86.6 Å². The highest BCUT2D eigenvalue weighted by atomic mass is 16.2. The quantitative estimate of drug-likeness (QED) is 0.641.